The van der Waals surface area contributed by atoms with Gasteiger partial charge in [0.15, 0.2) is 11.2 Å². The predicted molar refractivity (Wildman–Crippen MR) is 234 cm³/mol. The number of carbonyl (C=O) groups excluding carboxylic acids is 4. The first kappa shape index (κ1) is 40.1. The van der Waals surface area contributed by atoms with Crippen molar-refractivity contribution in [1.82, 2.24) is 34.6 Å². The van der Waals surface area contributed by atoms with Crippen LogP contribution in [0.5, 0.6) is 0 Å². The lowest BCUT2D eigenvalue weighted by Gasteiger charge is -2.43. The summed E-state index contributed by atoms with van der Waals surface area (Å²) >= 11 is 1.29. The number of aromatic nitrogens is 3. The summed E-state index contributed by atoms with van der Waals surface area (Å²) < 4.78 is 18.0. The number of benzene rings is 3. The van der Waals surface area contributed by atoms with Crippen LogP contribution in [0.3, 0.4) is 0 Å². The molecular formula is C46H49FN10O4S. The number of aryl methyl sites for hydroxylation is 1. The number of amides is 4. The van der Waals surface area contributed by atoms with E-state index >= 15 is 4.39 Å². The smallest absolute Gasteiger partial charge is 0.255 e. The molecule has 5 aliphatic heterocycles. The molecule has 320 valence electrons. The summed E-state index contributed by atoms with van der Waals surface area (Å²) in [5, 5.41) is 10.9. The third-order valence-corrected chi connectivity index (χ3v) is 13.9. The molecule has 2 atom stereocenters. The molecule has 2 unspecified atom stereocenters. The van der Waals surface area contributed by atoms with Gasteiger partial charge in [0.25, 0.3) is 11.8 Å². The standard InChI is InChI=1S/C46H49FN10O4S/c47-36-25-31(24-34-35(36)27-57(45(34)61)42(44(60)52-46-48-15-23-62-46)41-39-6-3-16-56(39)28-49-41)29-7-9-32(10-8-29)54-17-13-33(14-18-54)55-21-19-53(20-22-55)26-30-4-1-2-5-37(30)50-38-11-12-40(58)51-43(38)59/h1-2,4-5,7-10,15,23-25,28,33,38,42,50H,3,6,11-14,16-22,26-27H2,(H,48,52,60)(H,51,58,59). The van der Waals surface area contributed by atoms with Crippen LogP contribution in [0, 0.1) is 5.82 Å². The molecule has 10 rings (SSSR count). The van der Waals surface area contributed by atoms with E-state index < -0.39 is 29.7 Å². The molecule has 5 aromatic rings. The van der Waals surface area contributed by atoms with Crippen molar-refractivity contribution < 1.29 is 23.6 Å². The van der Waals surface area contributed by atoms with Gasteiger partial charge in [-0.1, -0.05) is 30.3 Å². The van der Waals surface area contributed by atoms with E-state index in [0.29, 0.717) is 35.3 Å². The second-order valence-corrected chi connectivity index (χ2v) is 17.8. The number of fused-ring (bicyclic) bond motifs is 2. The number of rotatable bonds is 11. The minimum Gasteiger partial charge on any atom is -0.373 e. The fourth-order valence-corrected chi connectivity index (χ4v) is 10.4. The largest absolute Gasteiger partial charge is 0.373 e. The van der Waals surface area contributed by atoms with E-state index in [0.717, 1.165) is 106 Å². The van der Waals surface area contributed by atoms with Crippen molar-refractivity contribution in [3.63, 3.8) is 0 Å². The summed E-state index contributed by atoms with van der Waals surface area (Å²) in [6.45, 7) is 7.40. The molecule has 0 spiro atoms. The molecule has 3 saturated heterocycles. The summed E-state index contributed by atoms with van der Waals surface area (Å²) in [7, 11) is 0. The molecule has 0 aliphatic carbocycles. The number of imide groups is 1. The van der Waals surface area contributed by atoms with E-state index in [4.69, 9.17) is 0 Å². The molecule has 4 amide bonds. The number of para-hydroxylation sites is 1. The first-order valence-corrected chi connectivity index (χ1v) is 22.5. The highest BCUT2D eigenvalue weighted by atomic mass is 32.1. The van der Waals surface area contributed by atoms with Gasteiger partial charge in [0, 0.05) is 105 Å². The Hall–Kier alpha value is -5.97. The molecule has 0 bridgehead atoms. The first-order chi connectivity index (χ1) is 30.3. The van der Waals surface area contributed by atoms with Gasteiger partial charge < -0.3 is 19.7 Å². The summed E-state index contributed by atoms with van der Waals surface area (Å²) in [6, 6.07) is 18.6. The lowest BCUT2D eigenvalue weighted by Crippen LogP contribution is -2.53. The van der Waals surface area contributed by atoms with Crippen LogP contribution in [0.2, 0.25) is 0 Å². The van der Waals surface area contributed by atoms with Crippen LogP contribution in [-0.4, -0.2) is 104 Å². The van der Waals surface area contributed by atoms with Crippen LogP contribution >= 0.6 is 11.3 Å². The van der Waals surface area contributed by atoms with Gasteiger partial charge in [-0.3, -0.25) is 39.6 Å². The van der Waals surface area contributed by atoms with Gasteiger partial charge in [0.1, 0.15) is 11.9 Å². The number of piperazine rings is 1. The highest BCUT2D eigenvalue weighted by Crippen LogP contribution is 2.38. The number of hydrogen-bond acceptors (Lipinski definition) is 11. The average molecular weight is 857 g/mol. The molecule has 2 aromatic heterocycles. The second kappa shape index (κ2) is 17.1. The van der Waals surface area contributed by atoms with E-state index in [1.54, 1.807) is 24.0 Å². The van der Waals surface area contributed by atoms with Crippen LogP contribution in [0.4, 0.5) is 20.9 Å². The maximum Gasteiger partial charge on any atom is 0.255 e. The van der Waals surface area contributed by atoms with Gasteiger partial charge in [-0.25, -0.2) is 14.4 Å². The van der Waals surface area contributed by atoms with Crippen molar-refractivity contribution in [2.75, 3.05) is 54.8 Å². The van der Waals surface area contributed by atoms with Gasteiger partial charge in [0.05, 0.1) is 18.6 Å². The van der Waals surface area contributed by atoms with Crippen LogP contribution < -0.4 is 20.9 Å². The molecule has 0 saturated carbocycles. The quantitative estimate of drug-likeness (QED) is 0.147. The minimum absolute atomic E-state index is 0.0342. The normalized spacial score (nSPS) is 20.3. The van der Waals surface area contributed by atoms with Gasteiger partial charge in [-0.2, -0.15) is 0 Å². The fourth-order valence-electron chi connectivity index (χ4n) is 9.86. The third-order valence-electron chi connectivity index (χ3n) is 13.2. The summed E-state index contributed by atoms with van der Waals surface area (Å²) in [5.74, 6) is -1.77. The summed E-state index contributed by atoms with van der Waals surface area (Å²) in [4.78, 5) is 69.8. The van der Waals surface area contributed by atoms with Crippen LogP contribution in [0.15, 0.2) is 78.6 Å². The Labute approximate surface area is 363 Å². The van der Waals surface area contributed by atoms with Crippen LogP contribution in [-0.2, 0) is 40.4 Å². The number of anilines is 3. The van der Waals surface area contributed by atoms with Crippen molar-refractivity contribution >= 4 is 51.5 Å². The number of piperidine rings is 2. The number of halogens is 1. The first-order valence-electron chi connectivity index (χ1n) is 21.6. The second-order valence-electron chi connectivity index (χ2n) is 16.9. The monoisotopic (exact) mass is 856 g/mol. The molecular weight excluding hydrogens is 808 g/mol. The molecule has 7 heterocycles. The Balaban J connectivity index is 0.750. The molecule has 5 aliphatic rings. The van der Waals surface area contributed by atoms with Crippen molar-refractivity contribution in [3.05, 3.63) is 112 Å². The van der Waals surface area contributed by atoms with Gasteiger partial charge in [-0.15, -0.1) is 11.3 Å². The Morgan fingerprint density at radius 3 is 2.48 bits per heavy atom. The average Bonchev–Trinajstić information content (AvgIpc) is 4.11. The summed E-state index contributed by atoms with van der Waals surface area (Å²) in [6.07, 6.45) is 7.99. The van der Waals surface area contributed by atoms with E-state index in [9.17, 15) is 19.2 Å². The number of nitrogens with zero attached hydrogens (tertiary/aromatic N) is 7. The highest BCUT2D eigenvalue weighted by Gasteiger charge is 2.42. The van der Waals surface area contributed by atoms with Crippen molar-refractivity contribution in [2.24, 2.45) is 0 Å². The Morgan fingerprint density at radius 2 is 1.71 bits per heavy atom. The minimum atomic E-state index is -1.03. The van der Waals surface area contributed by atoms with Crippen molar-refractivity contribution in [1.29, 1.82) is 0 Å². The Kier molecular flexibility index (Phi) is 11.0. The summed E-state index contributed by atoms with van der Waals surface area (Å²) in [5.41, 5.74) is 6.64. The zero-order valence-electron chi connectivity index (χ0n) is 34.4. The Morgan fingerprint density at radius 1 is 0.903 bits per heavy atom. The third kappa shape index (κ3) is 7.98. The lowest BCUT2D eigenvalue weighted by molar-refractivity contribution is -0.133. The molecule has 14 nitrogen and oxygen atoms in total. The van der Waals surface area contributed by atoms with Crippen molar-refractivity contribution in [3.8, 4) is 11.1 Å². The van der Waals surface area contributed by atoms with E-state index in [-0.39, 0.29) is 29.5 Å². The zero-order chi connectivity index (χ0) is 42.3. The number of nitrogens with one attached hydrogen (secondary N) is 3. The van der Waals surface area contributed by atoms with E-state index in [2.05, 4.69) is 58.8 Å². The van der Waals surface area contributed by atoms with Crippen LogP contribution in [0.1, 0.15) is 71.0 Å². The maximum absolute atomic E-state index is 16.0. The molecule has 0 radical (unpaired) electrons. The number of thiazole rings is 1. The molecule has 3 aromatic carbocycles. The van der Waals surface area contributed by atoms with Crippen LogP contribution in [0.25, 0.3) is 11.1 Å². The lowest BCUT2D eigenvalue weighted by atomic mass is 9.98. The zero-order valence-corrected chi connectivity index (χ0v) is 35.2. The van der Waals surface area contributed by atoms with Gasteiger partial charge >= 0.3 is 0 Å². The van der Waals surface area contributed by atoms with Crippen molar-refractivity contribution in [2.45, 2.75) is 76.3 Å². The molecule has 16 heteroatoms. The number of hydrogen-bond donors (Lipinski definition) is 3. The fraction of sp³-hybridized carbons (Fsp3) is 0.391. The highest BCUT2D eigenvalue weighted by molar-refractivity contribution is 7.13. The van der Waals surface area contributed by atoms with E-state index in [1.165, 1.54) is 22.3 Å². The van der Waals surface area contributed by atoms with E-state index in [1.807, 2.05) is 34.9 Å². The topological polar surface area (TPSA) is 148 Å². The molecule has 3 N–H and O–H groups in total. The number of carbonyl (C=O) groups is 4. The maximum atomic E-state index is 16.0. The van der Waals surface area contributed by atoms with Gasteiger partial charge in [-0.05, 0) is 79.1 Å². The predicted octanol–water partition coefficient (Wildman–Crippen LogP) is 5.43. The van der Waals surface area contributed by atoms with Gasteiger partial charge in [0.2, 0.25) is 11.8 Å². The Bertz CT molecular complexity index is 2490. The molecule has 62 heavy (non-hydrogen) atoms. The SMILES string of the molecule is O=C1CCC(Nc2ccccc2CN2CCN(C3CCN(c4ccc(-c5cc(F)c6c(c5)C(=O)N(C(C(=O)Nc5nccs5)c5ncn7c5CCC7)C6)cc4)CC3)CC2)C(=O)N1. The number of imidazole rings is 1. The molecule has 3 fully saturated rings.